The topological polar surface area (TPSA) is 26.3 Å². The summed E-state index contributed by atoms with van der Waals surface area (Å²) in [6, 6.07) is 0. The molecule has 0 unspecified atom stereocenters. The van der Waals surface area contributed by atoms with Crippen LogP contribution >= 0.6 is 11.9 Å². The molecular formula is C4H9N2S+. The Bertz CT molecular complexity index is 64.1. The Kier molecular flexibility index (Phi) is 2.20. The van der Waals surface area contributed by atoms with Crippen molar-refractivity contribution >= 4 is 11.9 Å². The highest BCUT2D eigenvalue weighted by atomic mass is 32.2. The van der Waals surface area contributed by atoms with Crippen molar-refractivity contribution in [3.8, 4) is 0 Å². The molecule has 2 nitrogen and oxygen atoms in total. The lowest BCUT2D eigenvalue weighted by atomic mass is 10.3. The summed E-state index contributed by atoms with van der Waals surface area (Å²) in [6.45, 7) is 1.06. The first-order chi connectivity index (χ1) is 3.50. The maximum absolute atomic E-state index is 3.94. The van der Waals surface area contributed by atoms with Crippen LogP contribution in [0.15, 0.2) is 4.52 Å². The average molecular weight is 117 g/mol. The second-order valence-electron chi connectivity index (χ2n) is 1.54. The molecule has 40 valence electrons. The predicted octanol–water partition coefficient (Wildman–Crippen LogP) is -0.0388. The van der Waals surface area contributed by atoms with E-state index >= 15 is 0 Å². The monoisotopic (exact) mass is 117 g/mol. The summed E-state index contributed by atoms with van der Waals surface area (Å²) in [5, 5.41) is 2.94. The van der Waals surface area contributed by atoms with E-state index in [9.17, 15) is 0 Å². The van der Waals surface area contributed by atoms with E-state index in [4.69, 9.17) is 0 Å². The first kappa shape index (κ1) is 5.09. The number of hydrogen-bond acceptors (Lipinski definition) is 2. The molecule has 0 radical (unpaired) electrons. The molecule has 1 aliphatic heterocycles. The Balaban J connectivity index is 2.20. The molecule has 7 heavy (non-hydrogen) atoms. The maximum Gasteiger partial charge on any atom is 0.166 e. The second kappa shape index (κ2) is 3.02. The van der Waals surface area contributed by atoms with Gasteiger partial charge in [-0.25, -0.2) is 0 Å². The SMILES string of the molecule is C1CCSN=[NH+]C1. The van der Waals surface area contributed by atoms with Crippen LogP contribution in [0.1, 0.15) is 12.8 Å². The third-order valence-electron chi connectivity index (χ3n) is 0.903. The first-order valence-electron chi connectivity index (χ1n) is 2.55. The van der Waals surface area contributed by atoms with E-state index in [0.29, 0.717) is 0 Å². The quantitative estimate of drug-likeness (QED) is 0.443. The molecule has 1 N–H and O–H groups in total. The number of hydrogen-bond donors (Lipinski definition) is 1. The van der Waals surface area contributed by atoms with E-state index in [-0.39, 0.29) is 0 Å². The zero-order valence-electron chi connectivity index (χ0n) is 4.18. The Hall–Kier alpha value is -0.0500. The molecule has 0 aromatic carbocycles. The van der Waals surface area contributed by atoms with E-state index in [2.05, 4.69) is 9.63 Å². The summed E-state index contributed by atoms with van der Waals surface area (Å²) in [7, 11) is 0. The maximum atomic E-state index is 3.94. The molecule has 1 rings (SSSR count). The Morgan fingerprint density at radius 1 is 1.43 bits per heavy atom. The van der Waals surface area contributed by atoms with Gasteiger partial charge < -0.3 is 0 Å². The van der Waals surface area contributed by atoms with Crippen LogP contribution < -0.4 is 5.11 Å². The van der Waals surface area contributed by atoms with Crippen LogP contribution in [-0.4, -0.2) is 12.3 Å². The van der Waals surface area contributed by atoms with Crippen molar-refractivity contribution in [2.24, 2.45) is 4.52 Å². The van der Waals surface area contributed by atoms with Gasteiger partial charge in [0.15, 0.2) is 6.54 Å². The number of rotatable bonds is 0. The fraction of sp³-hybridized carbons (Fsp3) is 1.00. The molecular weight excluding hydrogens is 108 g/mol. The molecule has 0 atom stereocenters. The summed E-state index contributed by atoms with van der Waals surface area (Å²) < 4.78 is 3.94. The molecule has 0 aliphatic carbocycles. The number of nitrogens with one attached hydrogen (secondary N) is 1. The van der Waals surface area contributed by atoms with Crippen LogP contribution in [0.4, 0.5) is 0 Å². The minimum atomic E-state index is 1.06. The molecule has 0 saturated heterocycles. The summed E-state index contributed by atoms with van der Waals surface area (Å²) in [5.74, 6) is 1.19. The van der Waals surface area contributed by atoms with E-state index in [1.807, 2.05) is 0 Å². The van der Waals surface area contributed by atoms with E-state index < -0.39 is 0 Å². The van der Waals surface area contributed by atoms with Gasteiger partial charge in [-0.15, -0.1) is 5.11 Å². The van der Waals surface area contributed by atoms with Crippen LogP contribution in [0.5, 0.6) is 0 Å². The van der Waals surface area contributed by atoms with E-state index in [1.54, 1.807) is 11.9 Å². The normalized spacial score (nSPS) is 21.7. The number of nitrogens with zero attached hydrogens (tertiary/aromatic N) is 1. The molecule has 1 aliphatic rings. The highest BCUT2D eigenvalue weighted by Gasteiger charge is 1.96. The van der Waals surface area contributed by atoms with Crippen molar-refractivity contribution in [2.75, 3.05) is 12.3 Å². The second-order valence-corrected chi connectivity index (χ2v) is 2.39. The van der Waals surface area contributed by atoms with Crippen molar-refractivity contribution in [3.63, 3.8) is 0 Å². The molecule has 1 heterocycles. The van der Waals surface area contributed by atoms with Gasteiger partial charge in [0.05, 0.1) is 0 Å². The fourth-order valence-corrected chi connectivity index (χ4v) is 1.11. The molecule has 3 heteroatoms. The molecule has 0 amide bonds. The summed E-state index contributed by atoms with van der Waals surface area (Å²) in [5.41, 5.74) is 0. The van der Waals surface area contributed by atoms with Crippen LogP contribution in [-0.2, 0) is 0 Å². The van der Waals surface area contributed by atoms with Crippen LogP contribution in [0.3, 0.4) is 0 Å². The molecule has 0 bridgehead atoms. The highest BCUT2D eigenvalue weighted by Crippen LogP contribution is 2.03. The van der Waals surface area contributed by atoms with Crippen LogP contribution in [0.2, 0.25) is 0 Å². The fourth-order valence-electron chi connectivity index (χ4n) is 0.508. The smallest absolute Gasteiger partial charge is 0.130 e. The van der Waals surface area contributed by atoms with E-state index in [0.717, 1.165) is 6.54 Å². The van der Waals surface area contributed by atoms with Gasteiger partial charge in [0, 0.05) is 28.6 Å². The van der Waals surface area contributed by atoms with Gasteiger partial charge in [0.25, 0.3) is 0 Å². The standard InChI is InChI=1S/C4H8N2S/c1-2-4-7-6-5-3-1/h1-4H2/p+1. The van der Waals surface area contributed by atoms with Crippen molar-refractivity contribution in [1.82, 2.24) is 0 Å². The molecule has 0 spiro atoms. The lowest BCUT2D eigenvalue weighted by molar-refractivity contribution is -0.521. The van der Waals surface area contributed by atoms with E-state index in [1.165, 1.54) is 18.6 Å². The lowest BCUT2D eigenvalue weighted by Gasteiger charge is -1.79. The van der Waals surface area contributed by atoms with Gasteiger partial charge in [0.2, 0.25) is 0 Å². The molecule has 0 aromatic heterocycles. The van der Waals surface area contributed by atoms with Crippen LogP contribution in [0, 0.1) is 0 Å². The van der Waals surface area contributed by atoms with Gasteiger partial charge in [-0.1, -0.05) is 0 Å². The summed E-state index contributed by atoms with van der Waals surface area (Å²) in [6.07, 6.45) is 2.58. The van der Waals surface area contributed by atoms with Gasteiger partial charge in [0.1, 0.15) is 0 Å². The predicted molar refractivity (Wildman–Crippen MR) is 29.9 cm³/mol. The zero-order chi connectivity index (χ0) is 4.95. The molecule has 0 aromatic rings. The molecule has 0 saturated carbocycles. The molecule has 0 fully saturated rings. The van der Waals surface area contributed by atoms with Gasteiger partial charge in [-0.3, -0.25) is 0 Å². The highest BCUT2D eigenvalue weighted by molar-refractivity contribution is 7.97. The average Bonchev–Trinajstić information content (AvgIpc) is 1.90. The minimum Gasteiger partial charge on any atom is -0.130 e. The Labute approximate surface area is 47.5 Å². The van der Waals surface area contributed by atoms with Gasteiger partial charge in [-0.2, -0.15) is 0 Å². The van der Waals surface area contributed by atoms with Crippen molar-refractivity contribution in [1.29, 1.82) is 0 Å². The Morgan fingerprint density at radius 3 is 3.43 bits per heavy atom. The van der Waals surface area contributed by atoms with Gasteiger partial charge >= 0.3 is 0 Å². The Morgan fingerprint density at radius 2 is 2.43 bits per heavy atom. The third-order valence-corrected chi connectivity index (χ3v) is 1.63. The van der Waals surface area contributed by atoms with Crippen molar-refractivity contribution in [3.05, 3.63) is 0 Å². The van der Waals surface area contributed by atoms with Crippen molar-refractivity contribution < 1.29 is 5.11 Å². The lowest BCUT2D eigenvalue weighted by Crippen LogP contribution is -2.64. The third kappa shape index (κ3) is 1.92. The van der Waals surface area contributed by atoms with Crippen LogP contribution in [0.25, 0.3) is 0 Å². The first-order valence-corrected chi connectivity index (χ1v) is 3.49. The minimum absolute atomic E-state index is 1.06. The summed E-state index contributed by atoms with van der Waals surface area (Å²) >= 11 is 1.63. The summed E-state index contributed by atoms with van der Waals surface area (Å²) in [4.78, 5) is 0. The largest absolute Gasteiger partial charge is 0.166 e. The zero-order valence-corrected chi connectivity index (χ0v) is 5.00. The van der Waals surface area contributed by atoms with Crippen molar-refractivity contribution in [2.45, 2.75) is 12.8 Å². The van der Waals surface area contributed by atoms with Gasteiger partial charge in [-0.05, 0) is 6.42 Å².